The maximum atomic E-state index is 12.1. The Kier molecular flexibility index (Phi) is 5.49. The molecular formula is C14H15N5O2S. The van der Waals surface area contributed by atoms with E-state index in [1.165, 1.54) is 16.7 Å². The number of rotatable bonds is 6. The number of aromatic nitrogens is 3. The van der Waals surface area contributed by atoms with Crippen LogP contribution in [0.4, 0.5) is 0 Å². The molecule has 2 aromatic rings. The van der Waals surface area contributed by atoms with Crippen LogP contribution in [0.15, 0.2) is 34.2 Å². The number of hydrogen-bond acceptors (Lipinski definition) is 7. The van der Waals surface area contributed by atoms with Crippen molar-refractivity contribution in [3.05, 3.63) is 24.5 Å². The topological polar surface area (TPSA) is 95.9 Å². The van der Waals surface area contributed by atoms with Crippen molar-refractivity contribution >= 4 is 17.7 Å². The smallest absolute Gasteiger partial charge is 0.277 e. The highest BCUT2D eigenvalue weighted by atomic mass is 32.2. The first kappa shape index (κ1) is 16.0. The van der Waals surface area contributed by atoms with Crippen LogP contribution in [-0.4, -0.2) is 44.8 Å². The highest BCUT2D eigenvalue weighted by molar-refractivity contribution is 8.00. The fourth-order valence-electron chi connectivity index (χ4n) is 1.70. The molecule has 0 saturated carbocycles. The predicted octanol–water partition coefficient (Wildman–Crippen LogP) is 1.98. The minimum absolute atomic E-state index is 0.0821. The minimum atomic E-state index is -0.370. The molecule has 0 N–H and O–H groups in total. The molecule has 114 valence electrons. The second-order valence-electron chi connectivity index (χ2n) is 4.54. The zero-order chi connectivity index (χ0) is 15.9. The predicted molar refractivity (Wildman–Crippen MR) is 80.7 cm³/mol. The van der Waals surface area contributed by atoms with Crippen molar-refractivity contribution in [3.63, 3.8) is 0 Å². The van der Waals surface area contributed by atoms with Crippen molar-refractivity contribution in [2.24, 2.45) is 0 Å². The molecule has 0 saturated heterocycles. The molecule has 2 heterocycles. The van der Waals surface area contributed by atoms with Crippen LogP contribution in [-0.2, 0) is 4.79 Å². The van der Waals surface area contributed by atoms with Gasteiger partial charge in [-0.3, -0.25) is 9.78 Å². The van der Waals surface area contributed by atoms with Crippen molar-refractivity contribution < 1.29 is 9.21 Å². The van der Waals surface area contributed by atoms with Crippen LogP contribution in [0.2, 0.25) is 0 Å². The van der Waals surface area contributed by atoms with Gasteiger partial charge in [-0.25, -0.2) is 0 Å². The third-order valence-corrected chi connectivity index (χ3v) is 3.80. The molecule has 0 unspecified atom stereocenters. The van der Waals surface area contributed by atoms with Crippen molar-refractivity contribution in [3.8, 4) is 17.5 Å². The van der Waals surface area contributed by atoms with Gasteiger partial charge in [-0.05, 0) is 19.1 Å². The molecule has 0 aliphatic carbocycles. The summed E-state index contributed by atoms with van der Waals surface area (Å²) >= 11 is 1.19. The monoisotopic (exact) mass is 317 g/mol. The number of nitriles is 1. The van der Waals surface area contributed by atoms with E-state index in [4.69, 9.17) is 9.68 Å². The highest BCUT2D eigenvalue weighted by Gasteiger charge is 2.21. The van der Waals surface area contributed by atoms with Crippen molar-refractivity contribution in [2.75, 3.05) is 13.6 Å². The Balaban J connectivity index is 1.98. The fraction of sp³-hybridized carbons (Fsp3) is 0.357. The summed E-state index contributed by atoms with van der Waals surface area (Å²) in [6, 6.07) is 5.62. The van der Waals surface area contributed by atoms with E-state index in [1.54, 1.807) is 32.4 Å². The molecular weight excluding hydrogens is 302 g/mol. The highest BCUT2D eigenvalue weighted by Crippen LogP contribution is 2.26. The van der Waals surface area contributed by atoms with Crippen LogP contribution in [0.5, 0.6) is 0 Å². The van der Waals surface area contributed by atoms with E-state index < -0.39 is 0 Å². The molecule has 2 aromatic heterocycles. The van der Waals surface area contributed by atoms with E-state index in [2.05, 4.69) is 15.2 Å². The molecule has 2 rings (SSSR count). The molecule has 0 aromatic carbocycles. The summed E-state index contributed by atoms with van der Waals surface area (Å²) < 4.78 is 5.53. The number of thioether (sulfide) groups is 1. The summed E-state index contributed by atoms with van der Waals surface area (Å²) in [4.78, 5) is 17.6. The summed E-state index contributed by atoms with van der Waals surface area (Å²) in [6.45, 7) is 2.18. The van der Waals surface area contributed by atoms with Gasteiger partial charge in [0.1, 0.15) is 0 Å². The molecule has 0 radical (unpaired) electrons. The van der Waals surface area contributed by atoms with Crippen molar-refractivity contribution in [2.45, 2.75) is 23.8 Å². The van der Waals surface area contributed by atoms with E-state index >= 15 is 0 Å². The molecule has 0 aliphatic rings. The maximum Gasteiger partial charge on any atom is 0.277 e. The Morgan fingerprint density at radius 1 is 1.55 bits per heavy atom. The van der Waals surface area contributed by atoms with Gasteiger partial charge in [0.25, 0.3) is 5.22 Å². The van der Waals surface area contributed by atoms with E-state index in [9.17, 15) is 4.79 Å². The lowest BCUT2D eigenvalue weighted by Crippen LogP contribution is -2.33. The number of carbonyl (C=O) groups is 1. The summed E-state index contributed by atoms with van der Waals surface area (Å²) in [6.07, 6.45) is 3.60. The lowest BCUT2D eigenvalue weighted by atomic mass is 10.3. The van der Waals surface area contributed by atoms with Gasteiger partial charge in [0.05, 0.1) is 23.3 Å². The second kappa shape index (κ2) is 7.56. The molecule has 0 aliphatic heterocycles. The number of carbonyl (C=O) groups excluding carboxylic acids is 1. The standard InChI is InChI=1S/C14H15N5O2S/c1-10(13(20)19(2)8-4-6-15)22-14-18-17-12(21-14)11-5-3-7-16-9-11/h3,5,7,9-10H,4,8H2,1-2H3/t10-/m1/s1. The fourth-order valence-corrected chi connectivity index (χ4v) is 2.50. The van der Waals surface area contributed by atoms with Gasteiger partial charge in [-0.1, -0.05) is 11.8 Å². The summed E-state index contributed by atoms with van der Waals surface area (Å²) in [5.41, 5.74) is 0.729. The van der Waals surface area contributed by atoms with Gasteiger partial charge < -0.3 is 9.32 Å². The largest absolute Gasteiger partial charge is 0.411 e. The zero-order valence-corrected chi connectivity index (χ0v) is 13.1. The Hall–Kier alpha value is -2.40. The van der Waals surface area contributed by atoms with Crippen LogP contribution >= 0.6 is 11.8 Å². The molecule has 0 fully saturated rings. The third kappa shape index (κ3) is 4.05. The molecule has 0 spiro atoms. The van der Waals surface area contributed by atoms with E-state index in [-0.39, 0.29) is 11.2 Å². The summed E-state index contributed by atoms with van der Waals surface area (Å²) in [5, 5.41) is 16.4. The molecule has 0 bridgehead atoms. The molecule has 7 nitrogen and oxygen atoms in total. The van der Waals surface area contributed by atoms with Gasteiger partial charge in [-0.2, -0.15) is 5.26 Å². The average molecular weight is 317 g/mol. The maximum absolute atomic E-state index is 12.1. The summed E-state index contributed by atoms with van der Waals surface area (Å²) in [7, 11) is 1.67. The zero-order valence-electron chi connectivity index (χ0n) is 12.3. The molecule has 1 atom stereocenters. The quantitative estimate of drug-likeness (QED) is 0.751. The molecule has 8 heteroatoms. The summed E-state index contributed by atoms with van der Waals surface area (Å²) in [5.74, 6) is 0.287. The lowest BCUT2D eigenvalue weighted by molar-refractivity contribution is -0.128. The average Bonchev–Trinajstić information content (AvgIpc) is 3.01. The van der Waals surface area contributed by atoms with Crippen molar-refractivity contribution in [1.29, 1.82) is 5.26 Å². The van der Waals surface area contributed by atoms with E-state index in [0.29, 0.717) is 24.1 Å². The van der Waals surface area contributed by atoms with E-state index in [1.807, 2.05) is 12.1 Å². The normalized spacial score (nSPS) is 11.7. The minimum Gasteiger partial charge on any atom is -0.411 e. The third-order valence-electron chi connectivity index (χ3n) is 2.88. The van der Waals surface area contributed by atoms with Gasteiger partial charge in [0.15, 0.2) is 0 Å². The first-order chi connectivity index (χ1) is 10.6. The Morgan fingerprint density at radius 3 is 3.05 bits per heavy atom. The first-order valence-electron chi connectivity index (χ1n) is 6.64. The SMILES string of the molecule is C[C@@H](Sc1nnc(-c2cccnc2)o1)C(=O)N(C)CCC#N. The Morgan fingerprint density at radius 2 is 2.36 bits per heavy atom. The molecule has 1 amide bonds. The van der Waals surface area contributed by atoms with Crippen molar-refractivity contribution in [1.82, 2.24) is 20.1 Å². The Bertz CT molecular complexity index is 667. The second-order valence-corrected chi connectivity index (χ2v) is 5.83. The number of hydrogen-bond donors (Lipinski definition) is 0. The van der Waals surface area contributed by atoms with Crippen LogP contribution in [0.1, 0.15) is 13.3 Å². The van der Waals surface area contributed by atoms with Crippen LogP contribution in [0.3, 0.4) is 0 Å². The number of nitrogens with zero attached hydrogens (tertiary/aromatic N) is 5. The van der Waals surface area contributed by atoms with Crippen LogP contribution in [0, 0.1) is 11.3 Å². The van der Waals surface area contributed by atoms with Crippen LogP contribution < -0.4 is 0 Å². The van der Waals surface area contributed by atoms with E-state index in [0.717, 1.165) is 5.56 Å². The number of pyridine rings is 1. The molecule has 22 heavy (non-hydrogen) atoms. The van der Waals surface area contributed by atoms with Gasteiger partial charge >= 0.3 is 0 Å². The van der Waals surface area contributed by atoms with Gasteiger partial charge in [0.2, 0.25) is 11.8 Å². The van der Waals surface area contributed by atoms with Gasteiger partial charge in [0, 0.05) is 26.0 Å². The van der Waals surface area contributed by atoms with Crippen LogP contribution in [0.25, 0.3) is 11.5 Å². The number of amides is 1. The first-order valence-corrected chi connectivity index (χ1v) is 7.52. The van der Waals surface area contributed by atoms with Gasteiger partial charge in [-0.15, -0.1) is 10.2 Å². The Labute approximate surface area is 132 Å². The lowest BCUT2D eigenvalue weighted by Gasteiger charge is -2.18.